The predicted molar refractivity (Wildman–Crippen MR) is 28.5 cm³/mol. The molecule has 1 aliphatic heterocycles. The van der Waals surface area contributed by atoms with Gasteiger partial charge in [0, 0.05) is 6.21 Å². The fourth-order valence-corrected chi connectivity index (χ4v) is 0.438. The van der Waals surface area contributed by atoms with Crippen molar-refractivity contribution in [2.24, 2.45) is 5.10 Å². The van der Waals surface area contributed by atoms with Crippen LogP contribution in [0.15, 0.2) is 5.10 Å². The Bertz CT molecular complexity index is 122. The van der Waals surface area contributed by atoms with Crippen LogP contribution in [0.3, 0.4) is 0 Å². The van der Waals surface area contributed by atoms with Gasteiger partial charge in [-0.25, -0.2) is 0 Å². The van der Waals surface area contributed by atoms with Gasteiger partial charge >= 0.3 is 0 Å². The number of nitrogens with zero attached hydrogens (tertiary/aromatic N) is 2. The first kappa shape index (κ1) is 4.37. The summed E-state index contributed by atoms with van der Waals surface area (Å²) in [6.45, 7) is 0. The van der Waals surface area contributed by atoms with Gasteiger partial charge in [0.25, 0.3) is 7.98 Å². The van der Waals surface area contributed by atoms with Crippen molar-refractivity contribution in [3.05, 3.63) is 0 Å². The maximum atomic E-state index is 10.4. The Labute approximate surface area is 42.4 Å². The van der Waals surface area contributed by atoms with Gasteiger partial charge in [0.2, 0.25) is 5.91 Å². The lowest BCUT2D eigenvalue weighted by Crippen LogP contribution is -2.15. The van der Waals surface area contributed by atoms with E-state index in [0.717, 1.165) is 0 Å². The number of amides is 1. The van der Waals surface area contributed by atoms with Crippen molar-refractivity contribution in [1.82, 2.24) is 4.92 Å². The van der Waals surface area contributed by atoms with Gasteiger partial charge in [0.15, 0.2) is 0 Å². The molecule has 0 radical (unpaired) electrons. The average molecular weight is 95.9 g/mol. The molecule has 0 saturated carbocycles. The highest BCUT2D eigenvalue weighted by Crippen LogP contribution is 1.94. The van der Waals surface area contributed by atoms with Gasteiger partial charge in [0.05, 0.1) is 6.42 Å². The molecule has 1 aliphatic rings. The van der Waals surface area contributed by atoms with Crippen LogP contribution >= 0.6 is 0 Å². The molecular formula is C3H5BN2O. The molecule has 7 heavy (non-hydrogen) atoms. The minimum absolute atomic E-state index is 0.0694. The van der Waals surface area contributed by atoms with Gasteiger partial charge in [-0.1, -0.05) is 0 Å². The molecule has 1 rings (SSSR count). The predicted octanol–water partition coefficient (Wildman–Crippen LogP) is -1.25. The molecule has 0 aromatic carbocycles. The summed E-state index contributed by atoms with van der Waals surface area (Å²) in [4.78, 5) is 11.7. The van der Waals surface area contributed by atoms with Crippen molar-refractivity contribution in [3.63, 3.8) is 0 Å². The Morgan fingerprint density at radius 3 is 2.86 bits per heavy atom. The molecule has 1 amide bonds. The Morgan fingerprint density at radius 2 is 2.71 bits per heavy atom. The maximum absolute atomic E-state index is 10.4. The molecule has 0 spiro atoms. The second kappa shape index (κ2) is 1.37. The summed E-state index contributed by atoms with van der Waals surface area (Å²) in [6, 6.07) is 0. The van der Waals surface area contributed by atoms with E-state index < -0.39 is 0 Å². The maximum Gasteiger partial charge on any atom is 0.253 e. The van der Waals surface area contributed by atoms with Crippen LogP contribution in [0.2, 0.25) is 0 Å². The van der Waals surface area contributed by atoms with E-state index in [2.05, 4.69) is 5.10 Å². The molecule has 36 valence electrons. The Hall–Kier alpha value is -0.795. The number of hydrogen-bond acceptors (Lipinski definition) is 2. The zero-order chi connectivity index (χ0) is 5.28. The quantitative estimate of drug-likeness (QED) is 0.347. The minimum atomic E-state index is 0.0694. The third kappa shape index (κ3) is 0.631. The Kier molecular flexibility index (Phi) is 0.853. The average Bonchev–Trinajstić information content (AvgIpc) is 1.91. The van der Waals surface area contributed by atoms with Crippen LogP contribution in [0.5, 0.6) is 0 Å². The molecular weight excluding hydrogens is 90.9 g/mol. The van der Waals surface area contributed by atoms with E-state index in [1.165, 1.54) is 4.92 Å². The van der Waals surface area contributed by atoms with E-state index >= 15 is 0 Å². The van der Waals surface area contributed by atoms with Gasteiger partial charge in [-0.2, -0.15) is 5.10 Å². The van der Waals surface area contributed by atoms with Crippen LogP contribution in [-0.2, 0) is 4.79 Å². The van der Waals surface area contributed by atoms with Crippen LogP contribution in [0.1, 0.15) is 6.42 Å². The second-order valence-corrected chi connectivity index (χ2v) is 1.42. The molecule has 0 aromatic rings. The molecule has 1 heterocycles. The first-order valence-corrected chi connectivity index (χ1v) is 2.09. The van der Waals surface area contributed by atoms with E-state index in [1.807, 2.05) is 0 Å². The van der Waals surface area contributed by atoms with Crippen molar-refractivity contribution in [2.75, 3.05) is 0 Å². The lowest BCUT2D eigenvalue weighted by molar-refractivity contribution is -0.124. The van der Waals surface area contributed by atoms with Gasteiger partial charge in [0.1, 0.15) is 0 Å². The minimum Gasteiger partial charge on any atom is -0.291 e. The number of rotatable bonds is 0. The Balaban J connectivity index is 2.62. The van der Waals surface area contributed by atoms with E-state index in [0.29, 0.717) is 6.42 Å². The standard InChI is InChI=1S/C3H5BN2O/c4-6-3(7)1-2-5-6/h2H,1,4H2. The molecule has 0 saturated heterocycles. The number of hydrogen-bond donors (Lipinski definition) is 0. The van der Waals surface area contributed by atoms with Crippen molar-refractivity contribution in [2.45, 2.75) is 6.42 Å². The van der Waals surface area contributed by atoms with Crippen LogP contribution in [0.4, 0.5) is 0 Å². The van der Waals surface area contributed by atoms with Gasteiger partial charge < -0.3 is 0 Å². The molecule has 3 nitrogen and oxygen atoms in total. The zero-order valence-corrected chi connectivity index (χ0v) is 4.09. The molecule has 0 atom stereocenters. The lowest BCUT2D eigenvalue weighted by atomic mass is 10.3. The largest absolute Gasteiger partial charge is 0.291 e. The molecule has 0 bridgehead atoms. The fourth-order valence-electron chi connectivity index (χ4n) is 0.438. The third-order valence-corrected chi connectivity index (χ3v) is 0.882. The number of carbonyl (C=O) groups excluding carboxylic acids is 1. The summed E-state index contributed by atoms with van der Waals surface area (Å²) in [5.74, 6) is 0.0694. The van der Waals surface area contributed by atoms with Crippen molar-refractivity contribution < 1.29 is 4.79 Å². The van der Waals surface area contributed by atoms with Gasteiger partial charge in [-0.15, -0.1) is 0 Å². The highest BCUT2D eigenvalue weighted by atomic mass is 16.2. The molecule has 0 N–H and O–H groups in total. The van der Waals surface area contributed by atoms with Crippen LogP contribution in [0, 0.1) is 0 Å². The molecule has 0 aliphatic carbocycles. The molecule has 0 aromatic heterocycles. The highest BCUT2D eigenvalue weighted by molar-refractivity contribution is 6.17. The summed E-state index contributed by atoms with van der Waals surface area (Å²) < 4.78 is 0. The van der Waals surface area contributed by atoms with Crippen LogP contribution < -0.4 is 0 Å². The first-order chi connectivity index (χ1) is 3.30. The second-order valence-electron chi connectivity index (χ2n) is 1.42. The lowest BCUT2D eigenvalue weighted by Gasteiger charge is -1.99. The zero-order valence-electron chi connectivity index (χ0n) is 4.09. The Morgan fingerprint density at radius 1 is 2.00 bits per heavy atom. The van der Waals surface area contributed by atoms with Crippen molar-refractivity contribution in [3.8, 4) is 0 Å². The monoisotopic (exact) mass is 96.0 g/mol. The van der Waals surface area contributed by atoms with E-state index in [-0.39, 0.29) is 5.91 Å². The number of carbonyl (C=O) groups is 1. The third-order valence-electron chi connectivity index (χ3n) is 0.882. The molecule has 0 unspecified atom stereocenters. The summed E-state index contributed by atoms with van der Waals surface area (Å²) in [5.41, 5.74) is 0. The van der Waals surface area contributed by atoms with Crippen LogP contribution in [-0.4, -0.2) is 25.0 Å². The van der Waals surface area contributed by atoms with Crippen LogP contribution in [0.25, 0.3) is 0 Å². The fraction of sp³-hybridized carbons (Fsp3) is 0.333. The van der Waals surface area contributed by atoms with Crippen molar-refractivity contribution >= 4 is 20.1 Å². The first-order valence-electron chi connectivity index (χ1n) is 2.09. The summed E-state index contributed by atoms with van der Waals surface area (Å²) in [5, 5.41) is 3.68. The smallest absolute Gasteiger partial charge is 0.253 e. The highest BCUT2D eigenvalue weighted by Gasteiger charge is 2.08. The molecule has 4 heteroatoms. The topological polar surface area (TPSA) is 32.7 Å². The van der Waals surface area contributed by atoms with Crippen molar-refractivity contribution in [1.29, 1.82) is 0 Å². The van der Waals surface area contributed by atoms with E-state index in [4.69, 9.17) is 0 Å². The SMILES string of the molecule is BN1N=CCC1=O. The summed E-state index contributed by atoms with van der Waals surface area (Å²) in [7, 11) is 1.64. The van der Waals surface area contributed by atoms with E-state index in [9.17, 15) is 4.79 Å². The number of hydrazone groups is 1. The van der Waals surface area contributed by atoms with Gasteiger partial charge in [-0.3, -0.25) is 9.71 Å². The normalized spacial score (nSPS) is 18.9. The molecule has 0 fully saturated rings. The summed E-state index contributed by atoms with van der Waals surface area (Å²) in [6.07, 6.45) is 2.07. The van der Waals surface area contributed by atoms with Gasteiger partial charge in [-0.05, 0) is 0 Å². The summed E-state index contributed by atoms with van der Waals surface area (Å²) >= 11 is 0. The van der Waals surface area contributed by atoms with E-state index in [1.54, 1.807) is 14.2 Å².